The number of methoxy groups -OCH3 is 1. The summed E-state index contributed by atoms with van der Waals surface area (Å²) in [6.45, 7) is 11.0. The Morgan fingerprint density at radius 3 is 2.50 bits per heavy atom. The molecule has 0 aliphatic carbocycles. The number of allylic oxidation sites excluding steroid dienone is 3. The summed E-state index contributed by atoms with van der Waals surface area (Å²) >= 11 is 5.93. The zero-order valence-electron chi connectivity index (χ0n) is 9.14. The van der Waals surface area contributed by atoms with Gasteiger partial charge in [0.05, 0.1) is 6.61 Å². The third kappa shape index (κ3) is 5.10. The molecule has 80 valence electrons. The van der Waals surface area contributed by atoms with E-state index in [4.69, 9.17) is 16.3 Å². The van der Waals surface area contributed by atoms with Gasteiger partial charge in [-0.3, -0.25) is 0 Å². The van der Waals surface area contributed by atoms with Gasteiger partial charge in [-0.2, -0.15) is 0 Å². The molecule has 0 bridgehead atoms. The third-order valence-electron chi connectivity index (χ3n) is 1.82. The molecule has 0 saturated heterocycles. The molecule has 0 heterocycles. The maximum atomic E-state index is 5.93. The molecule has 0 amide bonds. The minimum absolute atomic E-state index is 0.638. The second-order valence-corrected chi connectivity index (χ2v) is 3.59. The molecular weight excluding hydrogens is 198 g/mol. The SMILES string of the molecule is C=C(C)/C(Cl)=C\C(=C)N(C)CCOC. The lowest BCUT2D eigenvalue weighted by Crippen LogP contribution is -2.20. The average molecular weight is 216 g/mol. The molecule has 0 aliphatic rings. The Morgan fingerprint density at radius 1 is 1.50 bits per heavy atom. The monoisotopic (exact) mass is 215 g/mol. The maximum absolute atomic E-state index is 5.93. The van der Waals surface area contributed by atoms with Crippen molar-refractivity contribution in [3.63, 3.8) is 0 Å². The van der Waals surface area contributed by atoms with E-state index in [1.165, 1.54) is 0 Å². The van der Waals surface area contributed by atoms with Crippen molar-refractivity contribution in [2.45, 2.75) is 6.92 Å². The highest BCUT2D eigenvalue weighted by Crippen LogP contribution is 2.15. The van der Waals surface area contributed by atoms with Gasteiger partial charge in [0.1, 0.15) is 0 Å². The van der Waals surface area contributed by atoms with Crippen molar-refractivity contribution in [1.29, 1.82) is 0 Å². The molecule has 0 radical (unpaired) electrons. The van der Waals surface area contributed by atoms with E-state index in [0.717, 1.165) is 17.8 Å². The fraction of sp³-hybridized carbons (Fsp3) is 0.455. The average Bonchev–Trinajstić information content (AvgIpc) is 2.13. The molecule has 0 saturated carbocycles. The number of halogens is 1. The van der Waals surface area contributed by atoms with Gasteiger partial charge in [0.25, 0.3) is 0 Å². The fourth-order valence-electron chi connectivity index (χ4n) is 0.751. The van der Waals surface area contributed by atoms with Crippen molar-refractivity contribution in [3.05, 3.63) is 35.5 Å². The van der Waals surface area contributed by atoms with Gasteiger partial charge in [-0.05, 0) is 18.6 Å². The van der Waals surface area contributed by atoms with E-state index < -0.39 is 0 Å². The van der Waals surface area contributed by atoms with Gasteiger partial charge in [-0.25, -0.2) is 0 Å². The topological polar surface area (TPSA) is 12.5 Å². The fourth-order valence-corrected chi connectivity index (χ4v) is 0.877. The zero-order valence-corrected chi connectivity index (χ0v) is 9.90. The van der Waals surface area contributed by atoms with Crippen molar-refractivity contribution in [2.24, 2.45) is 0 Å². The Kier molecular flexibility index (Phi) is 6.34. The van der Waals surface area contributed by atoms with Gasteiger partial charge in [0.2, 0.25) is 0 Å². The predicted octanol–water partition coefficient (Wildman–Crippen LogP) is 2.78. The van der Waals surface area contributed by atoms with E-state index in [2.05, 4.69) is 13.2 Å². The number of hydrogen-bond donors (Lipinski definition) is 0. The highest BCUT2D eigenvalue weighted by Gasteiger charge is 2.00. The van der Waals surface area contributed by atoms with Gasteiger partial charge >= 0.3 is 0 Å². The van der Waals surface area contributed by atoms with Gasteiger partial charge in [-0.1, -0.05) is 24.8 Å². The first-order valence-corrected chi connectivity index (χ1v) is 4.79. The molecule has 0 aromatic heterocycles. The maximum Gasteiger partial charge on any atom is 0.0637 e. The van der Waals surface area contributed by atoms with Crippen LogP contribution in [0.1, 0.15) is 6.92 Å². The van der Waals surface area contributed by atoms with Gasteiger partial charge in [0, 0.05) is 31.4 Å². The van der Waals surface area contributed by atoms with Crippen LogP contribution in [0.15, 0.2) is 35.5 Å². The summed E-state index contributed by atoms with van der Waals surface area (Å²) in [4.78, 5) is 1.98. The van der Waals surface area contributed by atoms with Crippen molar-refractivity contribution < 1.29 is 4.74 Å². The van der Waals surface area contributed by atoms with Crippen LogP contribution in [0.3, 0.4) is 0 Å². The van der Waals surface area contributed by atoms with Crippen LogP contribution in [-0.4, -0.2) is 32.2 Å². The molecule has 0 unspecified atom stereocenters. The molecule has 0 aliphatic heterocycles. The van der Waals surface area contributed by atoms with E-state index >= 15 is 0 Å². The summed E-state index contributed by atoms with van der Waals surface area (Å²) in [6, 6.07) is 0. The highest BCUT2D eigenvalue weighted by molar-refractivity contribution is 6.32. The van der Waals surface area contributed by atoms with Crippen molar-refractivity contribution >= 4 is 11.6 Å². The molecule has 2 nitrogen and oxygen atoms in total. The van der Waals surface area contributed by atoms with Crippen LogP contribution >= 0.6 is 11.6 Å². The van der Waals surface area contributed by atoms with Gasteiger partial charge < -0.3 is 9.64 Å². The second-order valence-electron chi connectivity index (χ2n) is 3.18. The lowest BCUT2D eigenvalue weighted by Gasteiger charge is -2.19. The Morgan fingerprint density at radius 2 is 2.07 bits per heavy atom. The largest absolute Gasteiger partial charge is 0.383 e. The molecule has 0 aromatic carbocycles. The Bertz CT molecular complexity index is 246. The minimum Gasteiger partial charge on any atom is -0.383 e. The van der Waals surface area contributed by atoms with E-state index in [-0.39, 0.29) is 0 Å². The first kappa shape index (κ1) is 13.3. The van der Waals surface area contributed by atoms with E-state index in [1.807, 2.05) is 18.9 Å². The molecule has 14 heavy (non-hydrogen) atoms. The van der Waals surface area contributed by atoms with E-state index in [1.54, 1.807) is 13.2 Å². The summed E-state index contributed by atoms with van der Waals surface area (Å²) in [5.74, 6) is 0. The summed E-state index contributed by atoms with van der Waals surface area (Å²) in [5, 5.41) is 0.638. The van der Waals surface area contributed by atoms with Crippen LogP contribution in [-0.2, 0) is 4.74 Å². The first-order chi connectivity index (χ1) is 6.49. The van der Waals surface area contributed by atoms with Crippen molar-refractivity contribution in [2.75, 3.05) is 27.3 Å². The van der Waals surface area contributed by atoms with Crippen LogP contribution in [0.25, 0.3) is 0 Å². The normalized spacial score (nSPS) is 11.3. The van der Waals surface area contributed by atoms with Crippen LogP contribution in [0.2, 0.25) is 0 Å². The minimum atomic E-state index is 0.638. The number of nitrogens with zero attached hydrogens (tertiary/aromatic N) is 1. The van der Waals surface area contributed by atoms with Crippen molar-refractivity contribution in [1.82, 2.24) is 4.90 Å². The summed E-state index contributed by atoms with van der Waals surface area (Å²) in [5.41, 5.74) is 1.70. The Labute approximate surface area is 91.5 Å². The number of ether oxygens (including phenoxy) is 1. The molecule has 0 atom stereocenters. The van der Waals surface area contributed by atoms with E-state index in [9.17, 15) is 0 Å². The predicted molar refractivity (Wildman–Crippen MR) is 62.4 cm³/mol. The van der Waals surface area contributed by atoms with Gasteiger partial charge in [0.15, 0.2) is 0 Å². The molecule has 3 heteroatoms. The summed E-state index contributed by atoms with van der Waals surface area (Å²) in [6.07, 6.45) is 1.81. The smallest absolute Gasteiger partial charge is 0.0637 e. The highest BCUT2D eigenvalue weighted by atomic mass is 35.5. The molecule has 0 spiro atoms. The summed E-state index contributed by atoms with van der Waals surface area (Å²) in [7, 11) is 3.62. The third-order valence-corrected chi connectivity index (χ3v) is 2.25. The lowest BCUT2D eigenvalue weighted by molar-refractivity contribution is 0.175. The summed E-state index contributed by atoms with van der Waals surface area (Å²) < 4.78 is 4.96. The van der Waals surface area contributed by atoms with Crippen LogP contribution in [0.4, 0.5) is 0 Å². The molecule has 0 rings (SSSR count). The Balaban J connectivity index is 4.19. The second kappa shape index (κ2) is 6.68. The van der Waals surface area contributed by atoms with Crippen LogP contribution < -0.4 is 0 Å². The van der Waals surface area contributed by atoms with Crippen molar-refractivity contribution in [3.8, 4) is 0 Å². The Hall–Kier alpha value is -0.730. The quantitative estimate of drug-likeness (QED) is 0.632. The molecule has 0 fully saturated rings. The number of likely N-dealkylation sites (N-methyl/N-ethyl adjacent to an activating group) is 1. The van der Waals surface area contributed by atoms with Crippen LogP contribution in [0.5, 0.6) is 0 Å². The number of hydrogen-bond acceptors (Lipinski definition) is 2. The molecule has 0 N–H and O–H groups in total. The van der Waals surface area contributed by atoms with Crippen LogP contribution in [0, 0.1) is 0 Å². The van der Waals surface area contributed by atoms with Gasteiger partial charge in [-0.15, -0.1) is 0 Å². The molecular formula is C11H18ClNO. The zero-order chi connectivity index (χ0) is 11.1. The standard InChI is InChI=1S/C11H18ClNO/c1-9(2)11(12)8-10(3)13(4)6-7-14-5/h8H,1,3,6-7H2,2,4-5H3/b11-8+. The lowest BCUT2D eigenvalue weighted by atomic mass is 10.3. The molecule has 0 aromatic rings. The first-order valence-electron chi connectivity index (χ1n) is 4.41. The number of rotatable bonds is 6. The van der Waals surface area contributed by atoms with E-state index in [0.29, 0.717) is 11.6 Å².